The number of nitrogens with zero attached hydrogens (tertiary/aromatic N) is 4. The van der Waals surface area contributed by atoms with Crippen LogP contribution >= 0.6 is 0 Å². The maximum atomic E-state index is 4.43. The Morgan fingerprint density at radius 1 is 1.05 bits per heavy atom. The highest BCUT2D eigenvalue weighted by Crippen LogP contribution is 2.10. The van der Waals surface area contributed by atoms with E-state index in [0.29, 0.717) is 0 Å². The molecule has 5 nitrogen and oxygen atoms in total. The van der Waals surface area contributed by atoms with Gasteiger partial charge in [0, 0.05) is 56.0 Å². The third kappa shape index (κ3) is 5.11. The first-order valence-electron chi connectivity index (χ1n) is 7.10. The summed E-state index contributed by atoms with van der Waals surface area (Å²) in [5, 5.41) is 3.43. The minimum atomic E-state index is 0.0941. The Labute approximate surface area is 126 Å². The van der Waals surface area contributed by atoms with E-state index in [1.54, 1.807) is 12.4 Å². The second kappa shape index (κ2) is 6.63. The SMILES string of the molecule is CN(Cc1ccncc1)c1ncc(CNC(C)(C)C)cn1. The summed E-state index contributed by atoms with van der Waals surface area (Å²) in [6.45, 7) is 7.97. The Bertz CT molecular complexity index is 545. The maximum Gasteiger partial charge on any atom is 0.225 e. The second-order valence-electron chi connectivity index (χ2n) is 6.21. The van der Waals surface area contributed by atoms with Gasteiger partial charge in [-0.15, -0.1) is 0 Å². The zero-order valence-corrected chi connectivity index (χ0v) is 13.2. The van der Waals surface area contributed by atoms with E-state index in [1.807, 2.05) is 36.5 Å². The highest BCUT2D eigenvalue weighted by molar-refractivity contribution is 5.30. The van der Waals surface area contributed by atoms with Gasteiger partial charge in [-0.1, -0.05) is 0 Å². The summed E-state index contributed by atoms with van der Waals surface area (Å²) in [4.78, 5) is 14.9. The lowest BCUT2D eigenvalue weighted by molar-refractivity contribution is 0.423. The van der Waals surface area contributed by atoms with Crippen LogP contribution in [0.4, 0.5) is 5.95 Å². The van der Waals surface area contributed by atoms with Gasteiger partial charge in [0.1, 0.15) is 0 Å². The van der Waals surface area contributed by atoms with Crippen LogP contribution in [0.25, 0.3) is 0 Å². The number of anilines is 1. The average molecular weight is 285 g/mol. The van der Waals surface area contributed by atoms with E-state index in [4.69, 9.17) is 0 Å². The van der Waals surface area contributed by atoms with Crippen molar-refractivity contribution in [3.63, 3.8) is 0 Å². The van der Waals surface area contributed by atoms with Crippen LogP contribution in [0.15, 0.2) is 36.9 Å². The van der Waals surface area contributed by atoms with Crippen molar-refractivity contribution in [2.45, 2.75) is 39.4 Å². The monoisotopic (exact) mass is 285 g/mol. The van der Waals surface area contributed by atoms with Gasteiger partial charge in [-0.3, -0.25) is 4.98 Å². The molecule has 0 spiro atoms. The lowest BCUT2D eigenvalue weighted by Gasteiger charge is -2.21. The van der Waals surface area contributed by atoms with Crippen LogP contribution < -0.4 is 10.2 Å². The average Bonchev–Trinajstić information content (AvgIpc) is 2.46. The fraction of sp³-hybridized carbons (Fsp3) is 0.438. The Morgan fingerprint density at radius 3 is 2.24 bits per heavy atom. The maximum absolute atomic E-state index is 4.43. The summed E-state index contributed by atoms with van der Waals surface area (Å²) in [5.41, 5.74) is 2.37. The van der Waals surface area contributed by atoms with Gasteiger partial charge in [-0.25, -0.2) is 9.97 Å². The summed E-state index contributed by atoms with van der Waals surface area (Å²) < 4.78 is 0. The van der Waals surface area contributed by atoms with Crippen molar-refractivity contribution < 1.29 is 0 Å². The summed E-state index contributed by atoms with van der Waals surface area (Å²) in [6.07, 6.45) is 7.35. The molecule has 0 aliphatic carbocycles. The molecule has 0 aliphatic rings. The van der Waals surface area contributed by atoms with E-state index in [1.165, 1.54) is 5.56 Å². The summed E-state index contributed by atoms with van der Waals surface area (Å²) in [6, 6.07) is 4.00. The van der Waals surface area contributed by atoms with E-state index in [9.17, 15) is 0 Å². The van der Waals surface area contributed by atoms with Crippen molar-refractivity contribution in [2.24, 2.45) is 0 Å². The Balaban J connectivity index is 1.95. The van der Waals surface area contributed by atoms with E-state index in [0.717, 1.165) is 24.6 Å². The molecule has 2 rings (SSSR count). The first-order valence-corrected chi connectivity index (χ1v) is 7.10. The highest BCUT2D eigenvalue weighted by atomic mass is 15.2. The Kier molecular flexibility index (Phi) is 4.85. The molecule has 0 fully saturated rings. The molecule has 0 amide bonds. The van der Waals surface area contributed by atoms with Gasteiger partial charge < -0.3 is 10.2 Å². The first-order chi connectivity index (χ1) is 9.94. The molecular formula is C16H23N5. The van der Waals surface area contributed by atoms with Gasteiger partial charge in [-0.2, -0.15) is 0 Å². The molecular weight excluding hydrogens is 262 g/mol. The van der Waals surface area contributed by atoms with Crippen molar-refractivity contribution in [3.05, 3.63) is 48.0 Å². The number of nitrogens with one attached hydrogen (secondary N) is 1. The van der Waals surface area contributed by atoms with Crippen molar-refractivity contribution in [3.8, 4) is 0 Å². The molecule has 0 radical (unpaired) electrons. The molecule has 0 bridgehead atoms. The molecule has 0 aliphatic heterocycles. The molecule has 0 saturated heterocycles. The molecule has 1 N–H and O–H groups in total. The predicted molar refractivity (Wildman–Crippen MR) is 85.0 cm³/mol. The van der Waals surface area contributed by atoms with E-state index >= 15 is 0 Å². The van der Waals surface area contributed by atoms with Crippen LogP contribution in [0.3, 0.4) is 0 Å². The standard InChI is InChI=1S/C16H23N5/c1-16(2,3)20-11-14-9-18-15(19-10-14)21(4)12-13-5-7-17-8-6-13/h5-10,20H,11-12H2,1-4H3. The van der Waals surface area contributed by atoms with Crippen molar-refractivity contribution in [1.29, 1.82) is 0 Å². The third-order valence-electron chi connectivity index (χ3n) is 3.03. The number of hydrogen-bond acceptors (Lipinski definition) is 5. The number of aromatic nitrogens is 3. The Morgan fingerprint density at radius 2 is 1.67 bits per heavy atom. The summed E-state index contributed by atoms with van der Waals surface area (Å²) >= 11 is 0. The zero-order chi connectivity index (χ0) is 15.3. The van der Waals surface area contributed by atoms with Gasteiger partial charge in [0.25, 0.3) is 0 Å². The minimum absolute atomic E-state index is 0.0941. The van der Waals surface area contributed by atoms with Crippen LogP contribution in [0.2, 0.25) is 0 Å². The fourth-order valence-electron chi connectivity index (χ4n) is 1.84. The molecule has 0 unspecified atom stereocenters. The zero-order valence-electron chi connectivity index (χ0n) is 13.2. The molecule has 0 saturated carbocycles. The third-order valence-corrected chi connectivity index (χ3v) is 3.03. The van der Waals surface area contributed by atoms with Crippen molar-refractivity contribution >= 4 is 5.95 Å². The number of rotatable bonds is 5. The molecule has 0 aromatic carbocycles. The lowest BCUT2D eigenvalue weighted by Crippen LogP contribution is -2.35. The van der Waals surface area contributed by atoms with Gasteiger partial charge in [0.15, 0.2) is 0 Å². The molecule has 21 heavy (non-hydrogen) atoms. The number of pyridine rings is 1. The van der Waals surface area contributed by atoms with E-state index < -0.39 is 0 Å². The summed E-state index contributed by atoms with van der Waals surface area (Å²) in [5.74, 6) is 0.728. The smallest absolute Gasteiger partial charge is 0.225 e. The molecule has 2 heterocycles. The van der Waals surface area contributed by atoms with E-state index in [2.05, 4.69) is 41.0 Å². The molecule has 2 aromatic rings. The van der Waals surface area contributed by atoms with Crippen LogP contribution in [0.1, 0.15) is 31.9 Å². The van der Waals surface area contributed by atoms with Gasteiger partial charge >= 0.3 is 0 Å². The van der Waals surface area contributed by atoms with Gasteiger partial charge in [0.05, 0.1) is 0 Å². The molecule has 112 valence electrons. The van der Waals surface area contributed by atoms with Gasteiger partial charge in [-0.05, 0) is 38.5 Å². The van der Waals surface area contributed by atoms with Crippen molar-refractivity contribution in [2.75, 3.05) is 11.9 Å². The molecule has 2 aromatic heterocycles. The minimum Gasteiger partial charge on any atom is -0.340 e. The summed E-state index contributed by atoms with van der Waals surface area (Å²) in [7, 11) is 1.99. The quantitative estimate of drug-likeness (QED) is 0.914. The van der Waals surface area contributed by atoms with Gasteiger partial charge in [0.2, 0.25) is 5.95 Å². The van der Waals surface area contributed by atoms with Crippen LogP contribution in [-0.2, 0) is 13.1 Å². The van der Waals surface area contributed by atoms with Crippen LogP contribution in [0, 0.1) is 0 Å². The number of hydrogen-bond donors (Lipinski definition) is 1. The predicted octanol–water partition coefficient (Wildman–Crippen LogP) is 2.40. The largest absolute Gasteiger partial charge is 0.340 e. The van der Waals surface area contributed by atoms with Crippen LogP contribution in [-0.4, -0.2) is 27.5 Å². The molecule has 0 atom stereocenters. The topological polar surface area (TPSA) is 53.9 Å². The normalized spacial score (nSPS) is 11.4. The van der Waals surface area contributed by atoms with E-state index in [-0.39, 0.29) is 5.54 Å². The van der Waals surface area contributed by atoms with Crippen LogP contribution in [0.5, 0.6) is 0 Å². The second-order valence-corrected chi connectivity index (χ2v) is 6.21. The fourth-order valence-corrected chi connectivity index (χ4v) is 1.84. The van der Waals surface area contributed by atoms with Crippen molar-refractivity contribution in [1.82, 2.24) is 20.3 Å². The first kappa shape index (κ1) is 15.4. The highest BCUT2D eigenvalue weighted by Gasteiger charge is 2.09. The molecule has 5 heteroatoms. The lowest BCUT2D eigenvalue weighted by atomic mass is 10.1. The Hall–Kier alpha value is -2.01.